The lowest BCUT2D eigenvalue weighted by Crippen LogP contribution is -2.12. The average molecular weight is 199 g/mol. The van der Waals surface area contributed by atoms with E-state index in [4.69, 9.17) is 5.73 Å². The Hall–Kier alpha value is -1.55. The first kappa shape index (κ1) is 9.54. The maximum Gasteiger partial charge on any atom is 0.296 e. The van der Waals surface area contributed by atoms with Crippen LogP contribution in [0.3, 0.4) is 0 Å². The molecule has 1 heterocycles. The number of amides is 1. The Bertz CT molecular complexity index is 390. The average Bonchev–Trinajstić information content (AvgIpc) is 2.28. The molecule has 0 bridgehead atoms. The molecule has 0 aliphatic carbocycles. The van der Waals surface area contributed by atoms with Gasteiger partial charge in [-0.2, -0.15) is 0 Å². The summed E-state index contributed by atoms with van der Waals surface area (Å²) in [6, 6.07) is 4.71. The number of carbonyl (C=O) groups is 2. The van der Waals surface area contributed by atoms with Crippen LogP contribution in [0.15, 0.2) is 18.2 Å². The van der Waals surface area contributed by atoms with Gasteiger partial charge in [-0.15, -0.1) is 12.4 Å². The summed E-state index contributed by atoms with van der Waals surface area (Å²) in [5.41, 5.74) is 6.89. The van der Waals surface area contributed by atoms with Gasteiger partial charge in [0.15, 0.2) is 0 Å². The molecule has 0 radical (unpaired) electrons. The molecule has 0 fully saturated rings. The fourth-order valence-corrected chi connectivity index (χ4v) is 1.16. The van der Waals surface area contributed by atoms with E-state index >= 15 is 0 Å². The number of nitrogen functional groups attached to an aromatic ring is 1. The summed E-state index contributed by atoms with van der Waals surface area (Å²) in [7, 11) is 0. The molecule has 4 nitrogen and oxygen atoms in total. The molecule has 0 atom stereocenters. The van der Waals surface area contributed by atoms with Crippen molar-refractivity contribution >= 4 is 35.5 Å². The zero-order valence-electron chi connectivity index (χ0n) is 6.53. The first-order valence-electron chi connectivity index (χ1n) is 3.43. The van der Waals surface area contributed by atoms with Crippen LogP contribution in [0.4, 0.5) is 11.4 Å². The van der Waals surface area contributed by atoms with Gasteiger partial charge in [0.25, 0.3) is 11.7 Å². The summed E-state index contributed by atoms with van der Waals surface area (Å²) in [5.74, 6) is -1.08. The number of halogens is 1. The van der Waals surface area contributed by atoms with Gasteiger partial charge in [0.2, 0.25) is 0 Å². The summed E-state index contributed by atoms with van der Waals surface area (Å²) < 4.78 is 0. The Kier molecular flexibility index (Phi) is 2.25. The van der Waals surface area contributed by atoms with Crippen molar-refractivity contribution in [1.82, 2.24) is 0 Å². The summed E-state index contributed by atoms with van der Waals surface area (Å²) in [6.45, 7) is 0. The third kappa shape index (κ3) is 1.36. The second kappa shape index (κ2) is 3.06. The van der Waals surface area contributed by atoms with Crippen molar-refractivity contribution in [2.24, 2.45) is 0 Å². The number of benzene rings is 1. The summed E-state index contributed by atoms with van der Waals surface area (Å²) in [6.07, 6.45) is 0. The lowest BCUT2D eigenvalue weighted by Gasteiger charge is -1.96. The minimum atomic E-state index is -0.587. The van der Waals surface area contributed by atoms with Crippen LogP contribution in [0.2, 0.25) is 0 Å². The number of hydrogen-bond acceptors (Lipinski definition) is 3. The maximum absolute atomic E-state index is 11.1. The van der Waals surface area contributed by atoms with E-state index in [0.717, 1.165) is 0 Å². The van der Waals surface area contributed by atoms with Crippen molar-refractivity contribution in [3.05, 3.63) is 23.8 Å². The zero-order valence-corrected chi connectivity index (χ0v) is 7.35. The molecule has 2 rings (SSSR count). The molecule has 1 amide bonds. The van der Waals surface area contributed by atoms with Gasteiger partial charge in [-0.25, -0.2) is 0 Å². The predicted molar refractivity (Wildman–Crippen MR) is 51.1 cm³/mol. The number of nitrogens with one attached hydrogen (secondary N) is 1. The highest BCUT2D eigenvalue weighted by atomic mass is 35.5. The molecular formula is C8H7ClN2O2. The van der Waals surface area contributed by atoms with Crippen molar-refractivity contribution in [2.75, 3.05) is 11.1 Å². The second-order valence-corrected chi connectivity index (χ2v) is 2.59. The monoisotopic (exact) mass is 198 g/mol. The minimum Gasteiger partial charge on any atom is -0.399 e. The van der Waals surface area contributed by atoms with Gasteiger partial charge < -0.3 is 11.1 Å². The molecular weight excluding hydrogens is 192 g/mol. The van der Waals surface area contributed by atoms with Crippen molar-refractivity contribution in [3.63, 3.8) is 0 Å². The first-order chi connectivity index (χ1) is 5.68. The number of anilines is 2. The minimum absolute atomic E-state index is 0. The van der Waals surface area contributed by atoms with Crippen LogP contribution in [-0.2, 0) is 4.79 Å². The van der Waals surface area contributed by atoms with E-state index in [-0.39, 0.29) is 12.4 Å². The predicted octanol–water partition coefficient (Wildman–Crippen LogP) is 0.825. The van der Waals surface area contributed by atoms with E-state index in [1.54, 1.807) is 18.2 Å². The van der Waals surface area contributed by atoms with Crippen LogP contribution in [0.25, 0.3) is 0 Å². The quantitative estimate of drug-likeness (QED) is 0.479. The molecule has 0 saturated carbocycles. The highest BCUT2D eigenvalue weighted by Gasteiger charge is 2.27. The maximum atomic E-state index is 11.1. The lowest BCUT2D eigenvalue weighted by molar-refractivity contribution is -0.112. The van der Waals surface area contributed by atoms with E-state index < -0.39 is 11.7 Å². The van der Waals surface area contributed by atoms with Gasteiger partial charge in [-0.1, -0.05) is 0 Å². The molecule has 0 aromatic heterocycles. The van der Waals surface area contributed by atoms with E-state index in [1.807, 2.05) is 0 Å². The van der Waals surface area contributed by atoms with Gasteiger partial charge >= 0.3 is 0 Å². The van der Waals surface area contributed by atoms with Crippen LogP contribution in [0, 0.1) is 0 Å². The lowest BCUT2D eigenvalue weighted by atomic mass is 10.1. The van der Waals surface area contributed by atoms with Gasteiger partial charge in [-0.05, 0) is 18.2 Å². The Morgan fingerprint density at radius 1 is 1.23 bits per heavy atom. The van der Waals surface area contributed by atoms with Crippen molar-refractivity contribution in [1.29, 1.82) is 0 Å². The van der Waals surface area contributed by atoms with Gasteiger partial charge in [0.1, 0.15) is 0 Å². The SMILES string of the molecule is Cl.Nc1ccc2c(c1)NC(=O)C2=O. The summed E-state index contributed by atoms with van der Waals surface area (Å²) in [5, 5.41) is 2.42. The highest BCUT2D eigenvalue weighted by molar-refractivity contribution is 6.51. The molecule has 0 unspecified atom stereocenters. The van der Waals surface area contributed by atoms with Gasteiger partial charge in [0, 0.05) is 5.69 Å². The molecule has 1 aromatic rings. The molecule has 1 aromatic carbocycles. The van der Waals surface area contributed by atoms with E-state index in [0.29, 0.717) is 16.9 Å². The number of rotatable bonds is 0. The van der Waals surface area contributed by atoms with Crippen LogP contribution in [0.5, 0.6) is 0 Å². The number of carbonyl (C=O) groups excluding carboxylic acids is 2. The van der Waals surface area contributed by atoms with Crippen LogP contribution in [-0.4, -0.2) is 11.7 Å². The van der Waals surface area contributed by atoms with Crippen molar-refractivity contribution in [2.45, 2.75) is 0 Å². The molecule has 1 aliphatic rings. The molecule has 1 aliphatic heterocycles. The Morgan fingerprint density at radius 3 is 2.62 bits per heavy atom. The summed E-state index contributed by atoms with van der Waals surface area (Å²) in [4.78, 5) is 21.9. The third-order valence-electron chi connectivity index (χ3n) is 1.74. The normalized spacial score (nSPS) is 13.2. The van der Waals surface area contributed by atoms with Crippen molar-refractivity contribution in [3.8, 4) is 0 Å². The van der Waals surface area contributed by atoms with Crippen LogP contribution in [0.1, 0.15) is 10.4 Å². The largest absolute Gasteiger partial charge is 0.399 e. The molecule has 5 heteroatoms. The fraction of sp³-hybridized carbons (Fsp3) is 0. The van der Waals surface area contributed by atoms with Crippen LogP contribution < -0.4 is 11.1 Å². The van der Waals surface area contributed by atoms with Gasteiger partial charge in [-0.3, -0.25) is 9.59 Å². The number of Topliss-reactive ketones (excluding diaryl/α,β-unsaturated/α-hetero) is 1. The number of fused-ring (bicyclic) bond motifs is 1. The summed E-state index contributed by atoms with van der Waals surface area (Å²) >= 11 is 0. The standard InChI is InChI=1S/C8H6N2O2.ClH/c9-4-1-2-5-6(3-4)10-8(12)7(5)11;/h1-3H,9H2,(H,10,11,12);1H. The smallest absolute Gasteiger partial charge is 0.296 e. The number of ketones is 1. The molecule has 0 saturated heterocycles. The first-order valence-corrected chi connectivity index (χ1v) is 3.43. The zero-order chi connectivity index (χ0) is 8.72. The van der Waals surface area contributed by atoms with Crippen LogP contribution >= 0.6 is 12.4 Å². The fourth-order valence-electron chi connectivity index (χ4n) is 1.16. The number of nitrogens with two attached hydrogens (primary N) is 1. The van der Waals surface area contributed by atoms with Crippen molar-refractivity contribution < 1.29 is 9.59 Å². The number of hydrogen-bond donors (Lipinski definition) is 2. The molecule has 13 heavy (non-hydrogen) atoms. The second-order valence-electron chi connectivity index (χ2n) is 2.59. The van der Waals surface area contributed by atoms with Gasteiger partial charge in [0.05, 0.1) is 11.3 Å². The van der Waals surface area contributed by atoms with E-state index in [2.05, 4.69) is 5.32 Å². The molecule has 3 N–H and O–H groups in total. The topological polar surface area (TPSA) is 72.2 Å². The van der Waals surface area contributed by atoms with E-state index in [1.165, 1.54) is 0 Å². The molecule has 68 valence electrons. The van der Waals surface area contributed by atoms with E-state index in [9.17, 15) is 9.59 Å². The molecule has 0 spiro atoms. The third-order valence-corrected chi connectivity index (χ3v) is 1.74. The Morgan fingerprint density at radius 2 is 1.92 bits per heavy atom. The Labute approximate surface area is 80.5 Å². The Balaban J connectivity index is 0.000000845. The highest BCUT2D eigenvalue weighted by Crippen LogP contribution is 2.24.